The summed E-state index contributed by atoms with van der Waals surface area (Å²) < 4.78 is 74.0. The molecular formula is C11H11F6N. The third-order valence-corrected chi connectivity index (χ3v) is 2.40. The summed E-state index contributed by atoms with van der Waals surface area (Å²) in [6.07, 6.45) is -10.2. The molecule has 1 atom stereocenters. The van der Waals surface area contributed by atoms with Gasteiger partial charge in [0.15, 0.2) is 0 Å². The van der Waals surface area contributed by atoms with Crippen molar-refractivity contribution >= 4 is 0 Å². The van der Waals surface area contributed by atoms with Crippen LogP contribution < -0.4 is 5.32 Å². The Kier molecular flexibility index (Phi) is 4.26. The van der Waals surface area contributed by atoms with E-state index in [2.05, 4.69) is 5.32 Å². The third kappa shape index (κ3) is 4.21. The van der Waals surface area contributed by atoms with Crippen LogP contribution in [0.2, 0.25) is 0 Å². The Balaban J connectivity index is 3.00. The smallest absolute Gasteiger partial charge is 0.313 e. The Labute approximate surface area is 99.8 Å². The highest BCUT2D eigenvalue weighted by Gasteiger charge is 2.34. The van der Waals surface area contributed by atoms with Crippen LogP contribution in [0, 0.1) is 0 Å². The lowest BCUT2D eigenvalue weighted by Crippen LogP contribution is -2.24. The van der Waals surface area contributed by atoms with Crippen LogP contribution in [0.1, 0.15) is 23.6 Å². The first-order valence-corrected chi connectivity index (χ1v) is 5.04. The lowest BCUT2D eigenvalue weighted by atomic mass is 10.0. The first-order chi connectivity index (χ1) is 8.13. The molecule has 7 heteroatoms. The zero-order valence-corrected chi connectivity index (χ0v) is 9.36. The van der Waals surface area contributed by atoms with Crippen LogP contribution in [0.3, 0.4) is 0 Å². The fourth-order valence-corrected chi connectivity index (χ4v) is 1.55. The average molecular weight is 271 g/mol. The van der Waals surface area contributed by atoms with Gasteiger partial charge in [-0.05, 0) is 24.7 Å². The van der Waals surface area contributed by atoms with Crippen LogP contribution in [0.15, 0.2) is 24.3 Å². The second-order valence-corrected chi connectivity index (χ2v) is 3.78. The lowest BCUT2D eigenvalue weighted by molar-refractivity contribution is -0.140. The topological polar surface area (TPSA) is 12.0 Å². The molecule has 1 N–H and O–H groups in total. The van der Waals surface area contributed by atoms with E-state index in [1.807, 2.05) is 0 Å². The molecule has 0 bridgehead atoms. The standard InChI is InChI=1S/C11H11F6N/c1-18-9(6-10(12,13)14)7-3-2-4-8(5-7)11(15,16)17/h2-5,9,18H,6H2,1H3. The van der Waals surface area contributed by atoms with E-state index in [0.29, 0.717) is 0 Å². The molecule has 1 unspecified atom stereocenters. The van der Waals surface area contributed by atoms with Crippen LogP contribution >= 0.6 is 0 Å². The summed E-state index contributed by atoms with van der Waals surface area (Å²) >= 11 is 0. The van der Waals surface area contributed by atoms with Gasteiger partial charge in [-0.25, -0.2) is 0 Å². The molecule has 0 radical (unpaired) electrons. The summed E-state index contributed by atoms with van der Waals surface area (Å²) in [5.74, 6) is 0. The van der Waals surface area contributed by atoms with E-state index in [9.17, 15) is 26.3 Å². The van der Waals surface area contributed by atoms with Gasteiger partial charge < -0.3 is 5.32 Å². The van der Waals surface area contributed by atoms with E-state index < -0.39 is 30.4 Å². The molecular weight excluding hydrogens is 260 g/mol. The molecule has 0 aliphatic rings. The van der Waals surface area contributed by atoms with Crippen molar-refractivity contribution in [1.82, 2.24) is 5.32 Å². The van der Waals surface area contributed by atoms with Crippen molar-refractivity contribution in [2.24, 2.45) is 0 Å². The molecule has 0 aliphatic carbocycles. The van der Waals surface area contributed by atoms with Crippen molar-refractivity contribution in [3.63, 3.8) is 0 Å². The minimum Gasteiger partial charge on any atom is -0.313 e. The maximum absolute atomic E-state index is 12.4. The van der Waals surface area contributed by atoms with Gasteiger partial charge in [0.25, 0.3) is 0 Å². The van der Waals surface area contributed by atoms with Crippen molar-refractivity contribution in [2.45, 2.75) is 24.8 Å². The minimum absolute atomic E-state index is 0.0374. The fraction of sp³-hybridized carbons (Fsp3) is 0.455. The van der Waals surface area contributed by atoms with Crippen LogP contribution in [-0.4, -0.2) is 13.2 Å². The molecule has 0 fully saturated rings. The van der Waals surface area contributed by atoms with Crippen LogP contribution in [-0.2, 0) is 6.18 Å². The molecule has 1 aromatic rings. The second-order valence-electron chi connectivity index (χ2n) is 3.78. The normalized spacial score (nSPS) is 14.6. The molecule has 0 amide bonds. The van der Waals surface area contributed by atoms with Gasteiger partial charge in [0.1, 0.15) is 0 Å². The fourth-order valence-electron chi connectivity index (χ4n) is 1.55. The largest absolute Gasteiger partial charge is 0.416 e. The predicted molar refractivity (Wildman–Crippen MR) is 53.9 cm³/mol. The Hall–Kier alpha value is -1.24. The van der Waals surface area contributed by atoms with Crippen LogP contribution in [0.25, 0.3) is 0 Å². The Bertz CT molecular complexity index is 395. The maximum Gasteiger partial charge on any atom is 0.416 e. The highest BCUT2D eigenvalue weighted by atomic mass is 19.4. The number of rotatable bonds is 3. The van der Waals surface area contributed by atoms with Gasteiger partial charge >= 0.3 is 12.4 Å². The first-order valence-electron chi connectivity index (χ1n) is 5.04. The number of nitrogens with one attached hydrogen (secondary N) is 1. The summed E-state index contributed by atoms with van der Waals surface area (Å²) in [5, 5.41) is 2.37. The van der Waals surface area contributed by atoms with Crippen molar-refractivity contribution in [1.29, 1.82) is 0 Å². The first kappa shape index (κ1) is 14.8. The molecule has 0 saturated heterocycles. The van der Waals surface area contributed by atoms with Gasteiger partial charge in [-0.2, -0.15) is 26.3 Å². The summed E-state index contributed by atoms with van der Waals surface area (Å²) in [6, 6.07) is 2.70. The zero-order valence-electron chi connectivity index (χ0n) is 9.36. The van der Waals surface area contributed by atoms with E-state index >= 15 is 0 Å². The van der Waals surface area contributed by atoms with Gasteiger partial charge in [0.2, 0.25) is 0 Å². The van der Waals surface area contributed by atoms with Crippen LogP contribution in [0.5, 0.6) is 0 Å². The Morgan fingerprint density at radius 2 is 1.72 bits per heavy atom. The molecule has 1 nitrogen and oxygen atoms in total. The monoisotopic (exact) mass is 271 g/mol. The van der Waals surface area contributed by atoms with Crippen molar-refractivity contribution in [3.05, 3.63) is 35.4 Å². The third-order valence-electron chi connectivity index (χ3n) is 2.40. The number of hydrogen-bond acceptors (Lipinski definition) is 1. The van der Waals surface area contributed by atoms with E-state index in [4.69, 9.17) is 0 Å². The number of alkyl halides is 6. The van der Waals surface area contributed by atoms with Crippen molar-refractivity contribution < 1.29 is 26.3 Å². The lowest BCUT2D eigenvalue weighted by Gasteiger charge is -2.19. The quantitative estimate of drug-likeness (QED) is 0.822. The summed E-state index contributed by atoms with van der Waals surface area (Å²) in [5.41, 5.74) is -0.993. The van der Waals surface area contributed by atoms with Crippen LogP contribution in [0.4, 0.5) is 26.3 Å². The van der Waals surface area contributed by atoms with Crippen molar-refractivity contribution in [2.75, 3.05) is 7.05 Å². The van der Waals surface area contributed by atoms with E-state index in [-0.39, 0.29) is 5.56 Å². The predicted octanol–water partition coefficient (Wildman–Crippen LogP) is 3.92. The average Bonchev–Trinajstić information content (AvgIpc) is 2.23. The second kappa shape index (κ2) is 5.17. The number of benzene rings is 1. The van der Waals surface area contributed by atoms with Crippen molar-refractivity contribution in [3.8, 4) is 0 Å². The Morgan fingerprint density at radius 1 is 1.11 bits per heavy atom. The van der Waals surface area contributed by atoms with Gasteiger partial charge in [0.05, 0.1) is 12.0 Å². The van der Waals surface area contributed by atoms with Gasteiger partial charge in [0, 0.05) is 6.04 Å². The molecule has 0 spiro atoms. The number of halogens is 6. The number of hydrogen-bond donors (Lipinski definition) is 1. The zero-order chi connectivity index (χ0) is 14.0. The summed E-state index contributed by atoms with van der Waals surface area (Å²) in [7, 11) is 1.27. The Morgan fingerprint density at radius 3 is 2.17 bits per heavy atom. The maximum atomic E-state index is 12.4. The highest BCUT2D eigenvalue weighted by molar-refractivity contribution is 5.28. The van der Waals surface area contributed by atoms with Gasteiger partial charge in [-0.3, -0.25) is 0 Å². The summed E-state index contributed by atoms with van der Waals surface area (Å²) in [6.45, 7) is 0. The highest BCUT2D eigenvalue weighted by Crippen LogP contribution is 2.33. The molecule has 0 heterocycles. The van der Waals surface area contributed by atoms with Gasteiger partial charge in [-0.1, -0.05) is 12.1 Å². The van der Waals surface area contributed by atoms with E-state index in [1.165, 1.54) is 13.1 Å². The summed E-state index contributed by atoms with van der Waals surface area (Å²) in [4.78, 5) is 0. The molecule has 0 aliphatic heterocycles. The van der Waals surface area contributed by atoms with E-state index in [0.717, 1.165) is 18.2 Å². The molecule has 0 saturated carbocycles. The molecule has 1 aromatic carbocycles. The molecule has 102 valence electrons. The molecule has 18 heavy (non-hydrogen) atoms. The van der Waals surface area contributed by atoms with E-state index in [1.54, 1.807) is 0 Å². The minimum atomic E-state index is -4.56. The molecule has 0 aromatic heterocycles. The SMILES string of the molecule is CNC(CC(F)(F)F)c1cccc(C(F)(F)F)c1. The van der Waals surface area contributed by atoms with Gasteiger partial charge in [-0.15, -0.1) is 0 Å². The molecule has 1 rings (SSSR count).